The lowest BCUT2D eigenvalue weighted by molar-refractivity contribution is 0.0951. The molecule has 0 saturated carbocycles. The van der Waals surface area contributed by atoms with E-state index < -0.39 is 0 Å². The lowest BCUT2D eigenvalue weighted by Crippen LogP contribution is -2.22. The van der Waals surface area contributed by atoms with Gasteiger partial charge in [0.2, 0.25) is 0 Å². The quantitative estimate of drug-likeness (QED) is 0.486. The van der Waals surface area contributed by atoms with Crippen molar-refractivity contribution in [2.75, 3.05) is 0 Å². The van der Waals surface area contributed by atoms with E-state index in [1.165, 1.54) is 0 Å². The Kier molecular flexibility index (Phi) is 5.58. The summed E-state index contributed by atoms with van der Waals surface area (Å²) in [6.45, 7) is 3.36. The Morgan fingerprint density at radius 1 is 1.10 bits per heavy atom. The summed E-state index contributed by atoms with van der Waals surface area (Å²) in [4.78, 5) is 21.9. The van der Waals surface area contributed by atoms with Crippen LogP contribution in [0.5, 0.6) is 0 Å². The summed E-state index contributed by atoms with van der Waals surface area (Å²) in [5, 5.41) is 3.61. The molecule has 0 atom stereocenters. The third-order valence-corrected chi connectivity index (χ3v) is 4.91. The molecule has 0 radical (unpaired) electrons. The SMILES string of the molecule is CCCn1c(-c2cccc(C(=O)NCc3cccc(Cl)c3)c2)nc2cccnc21. The zero-order valence-corrected chi connectivity index (χ0v) is 16.9. The van der Waals surface area contributed by atoms with Crippen molar-refractivity contribution in [1.29, 1.82) is 0 Å². The number of nitrogens with zero attached hydrogens (tertiary/aromatic N) is 3. The lowest BCUT2D eigenvalue weighted by atomic mass is 10.1. The van der Waals surface area contributed by atoms with E-state index in [-0.39, 0.29) is 5.91 Å². The molecule has 0 spiro atoms. The van der Waals surface area contributed by atoms with Gasteiger partial charge in [-0.25, -0.2) is 9.97 Å². The number of pyridine rings is 1. The van der Waals surface area contributed by atoms with Crippen LogP contribution >= 0.6 is 11.6 Å². The molecule has 0 aliphatic heterocycles. The van der Waals surface area contributed by atoms with E-state index in [2.05, 4.69) is 21.8 Å². The molecule has 5 nitrogen and oxygen atoms in total. The fraction of sp³-hybridized carbons (Fsp3) is 0.174. The predicted octanol–water partition coefficient (Wildman–Crippen LogP) is 5.09. The molecule has 0 saturated heterocycles. The normalized spacial score (nSPS) is 11.0. The smallest absolute Gasteiger partial charge is 0.251 e. The number of benzene rings is 2. The molecule has 0 aliphatic rings. The van der Waals surface area contributed by atoms with E-state index >= 15 is 0 Å². The number of aromatic nitrogens is 3. The van der Waals surface area contributed by atoms with Crippen LogP contribution < -0.4 is 5.32 Å². The molecule has 2 aromatic heterocycles. The largest absolute Gasteiger partial charge is 0.348 e. The van der Waals surface area contributed by atoms with Gasteiger partial charge < -0.3 is 9.88 Å². The molecule has 146 valence electrons. The van der Waals surface area contributed by atoms with E-state index in [1.807, 2.05) is 60.7 Å². The number of nitrogens with one attached hydrogen (secondary N) is 1. The van der Waals surface area contributed by atoms with Gasteiger partial charge in [-0.05, 0) is 48.4 Å². The second-order valence-electron chi connectivity index (χ2n) is 6.83. The minimum atomic E-state index is -0.136. The van der Waals surface area contributed by atoms with E-state index in [0.29, 0.717) is 17.1 Å². The first-order chi connectivity index (χ1) is 14.2. The summed E-state index contributed by atoms with van der Waals surface area (Å²) < 4.78 is 2.11. The van der Waals surface area contributed by atoms with Crippen LogP contribution in [0.2, 0.25) is 5.02 Å². The second-order valence-corrected chi connectivity index (χ2v) is 7.26. The number of hydrogen-bond donors (Lipinski definition) is 1. The van der Waals surface area contributed by atoms with Crippen LogP contribution in [0.4, 0.5) is 0 Å². The summed E-state index contributed by atoms with van der Waals surface area (Å²) in [6, 6.07) is 18.8. The maximum absolute atomic E-state index is 12.7. The van der Waals surface area contributed by atoms with Crippen LogP contribution in [0.3, 0.4) is 0 Å². The Morgan fingerprint density at radius 2 is 1.97 bits per heavy atom. The van der Waals surface area contributed by atoms with E-state index in [4.69, 9.17) is 16.6 Å². The summed E-state index contributed by atoms with van der Waals surface area (Å²) in [6.07, 6.45) is 2.74. The van der Waals surface area contributed by atoms with Gasteiger partial charge in [0.15, 0.2) is 5.65 Å². The summed E-state index contributed by atoms with van der Waals surface area (Å²) >= 11 is 6.01. The standard InChI is InChI=1S/C23H21ClN4O/c1-2-12-28-21(27-20-10-5-11-25-22(20)28)17-7-4-8-18(14-17)23(29)26-15-16-6-3-9-19(24)13-16/h3-11,13-14H,2,12,15H2,1H3,(H,26,29). The van der Waals surface area contributed by atoms with Gasteiger partial charge in [0.05, 0.1) is 0 Å². The molecule has 0 unspecified atom stereocenters. The van der Waals surface area contributed by atoms with Gasteiger partial charge in [0, 0.05) is 35.4 Å². The molecule has 6 heteroatoms. The van der Waals surface area contributed by atoms with E-state index in [0.717, 1.165) is 41.1 Å². The van der Waals surface area contributed by atoms with Crippen molar-refractivity contribution in [3.8, 4) is 11.4 Å². The molecule has 4 aromatic rings. The zero-order chi connectivity index (χ0) is 20.2. The van der Waals surface area contributed by atoms with Crippen molar-refractivity contribution in [3.05, 3.63) is 83.0 Å². The molecule has 0 fully saturated rings. The number of hydrogen-bond acceptors (Lipinski definition) is 3. The van der Waals surface area contributed by atoms with Crippen molar-refractivity contribution in [3.63, 3.8) is 0 Å². The Labute approximate surface area is 174 Å². The van der Waals surface area contributed by atoms with E-state index in [9.17, 15) is 4.79 Å². The molecule has 1 amide bonds. The van der Waals surface area contributed by atoms with Gasteiger partial charge in [-0.2, -0.15) is 0 Å². The number of rotatable bonds is 6. The van der Waals surface area contributed by atoms with Crippen LogP contribution in [0.15, 0.2) is 66.9 Å². The van der Waals surface area contributed by atoms with Crippen molar-refractivity contribution in [2.24, 2.45) is 0 Å². The minimum absolute atomic E-state index is 0.136. The third kappa shape index (κ3) is 4.15. The molecular formula is C23H21ClN4O. The summed E-state index contributed by atoms with van der Waals surface area (Å²) in [5.41, 5.74) is 4.16. The monoisotopic (exact) mass is 404 g/mol. The highest BCUT2D eigenvalue weighted by Crippen LogP contribution is 2.25. The molecular weight excluding hydrogens is 384 g/mol. The Morgan fingerprint density at radius 3 is 2.79 bits per heavy atom. The van der Waals surface area contributed by atoms with Crippen LogP contribution in [-0.2, 0) is 13.1 Å². The van der Waals surface area contributed by atoms with Gasteiger partial charge in [0.1, 0.15) is 11.3 Å². The number of amides is 1. The number of imidazole rings is 1. The van der Waals surface area contributed by atoms with Crippen molar-refractivity contribution in [1.82, 2.24) is 19.9 Å². The molecule has 2 aromatic carbocycles. The number of carbonyl (C=O) groups is 1. The predicted molar refractivity (Wildman–Crippen MR) is 116 cm³/mol. The highest BCUT2D eigenvalue weighted by Gasteiger charge is 2.14. The molecule has 1 N–H and O–H groups in total. The van der Waals surface area contributed by atoms with E-state index in [1.54, 1.807) is 6.20 Å². The fourth-order valence-corrected chi connectivity index (χ4v) is 3.56. The first-order valence-corrected chi connectivity index (χ1v) is 9.98. The number of halogens is 1. The first kappa shape index (κ1) is 19.2. The van der Waals surface area contributed by atoms with Gasteiger partial charge in [-0.15, -0.1) is 0 Å². The Balaban J connectivity index is 1.61. The van der Waals surface area contributed by atoms with Gasteiger partial charge >= 0.3 is 0 Å². The molecule has 2 heterocycles. The average Bonchev–Trinajstić information content (AvgIpc) is 3.11. The molecule has 29 heavy (non-hydrogen) atoms. The number of aryl methyl sites for hydroxylation is 1. The first-order valence-electron chi connectivity index (χ1n) is 9.60. The fourth-order valence-electron chi connectivity index (χ4n) is 3.35. The third-order valence-electron chi connectivity index (χ3n) is 4.68. The number of fused-ring (bicyclic) bond motifs is 1. The lowest BCUT2D eigenvalue weighted by Gasteiger charge is -2.09. The molecule has 0 aliphatic carbocycles. The van der Waals surface area contributed by atoms with Gasteiger partial charge in [0.25, 0.3) is 5.91 Å². The maximum atomic E-state index is 12.7. The Hall–Kier alpha value is -3.18. The highest BCUT2D eigenvalue weighted by molar-refractivity contribution is 6.30. The van der Waals surface area contributed by atoms with Gasteiger partial charge in [-0.1, -0.05) is 42.8 Å². The van der Waals surface area contributed by atoms with Crippen molar-refractivity contribution < 1.29 is 4.79 Å². The maximum Gasteiger partial charge on any atom is 0.251 e. The van der Waals surface area contributed by atoms with Crippen molar-refractivity contribution in [2.45, 2.75) is 26.4 Å². The number of carbonyl (C=O) groups excluding carboxylic acids is 1. The highest BCUT2D eigenvalue weighted by atomic mass is 35.5. The molecule has 0 bridgehead atoms. The van der Waals surface area contributed by atoms with Crippen LogP contribution in [0.25, 0.3) is 22.6 Å². The Bertz CT molecular complexity index is 1170. The summed E-state index contributed by atoms with van der Waals surface area (Å²) in [7, 11) is 0. The van der Waals surface area contributed by atoms with Gasteiger partial charge in [-0.3, -0.25) is 4.79 Å². The average molecular weight is 405 g/mol. The minimum Gasteiger partial charge on any atom is -0.348 e. The van der Waals surface area contributed by atoms with Crippen LogP contribution in [0.1, 0.15) is 29.3 Å². The second kappa shape index (κ2) is 8.45. The van der Waals surface area contributed by atoms with Crippen LogP contribution in [0, 0.1) is 0 Å². The topological polar surface area (TPSA) is 59.8 Å². The molecule has 4 rings (SSSR count). The van der Waals surface area contributed by atoms with Crippen LogP contribution in [-0.4, -0.2) is 20.4 Å². The zero-order valence-electron chi connectivity index (χ0n) is 16.1. The van der Waals surface area contributed by atoms with Crippen molar-refractivity contribution >= 4 is 28.7 Å². The summed E-state index contributed by atoms with van der Waals surface area (Å²) in [5.74, 6) is 0.688.